The molecular weight excluding hydrogens is 386 g/mol. The lowest BCUT2D eigenvalue weighted by Gasteiger charge is -2.35. The van der Waals surface area contributed by atoms with Gasteiger partial charge in [0, 0.05) is 25.2 Å². The summed E-state index contributed by atoms with van der Waals surface area (Å²) in [4.78, 5) is 14.9. The summed E-state index contributed by atoms with van der Waals surface area (Å²) in [6.45, 7) is 2.12. The number of nitrogens with zero attached hydrogens (tertiary/aromatic N) is 1. The van der Waals surface area contributed by atoms with Crippen molar-refractivity contribution < 1.29 is 17.9 Å². The van der Waals surface area contributed by atoms with Crippen molar-refractivity contribution in [2.75, 3.05) is 19.7 Å². The Morgan fingerprint density at radius 3 is 2.74 bits per heavy atom. The van der Waals surface area contributed by atoms with E-state index in [9.17, 15) is 13.2 Å². The molecule has 3 N–H and O–H groups in total. The average Bonchev–Trinajstić information content (AvgIpc) is 3.28. The highest BCUT2D eigenvalue weighted by Gasteiger charge is 2.38. The second-order valence-corrected chi connectivity index (χ2v) is 9.35. The molecule has 0 unspecified atom stereocenters. The van der Waals surface area contributed by atoms with Crippen LogP contribution in [0.15, 0.2) is 46.7 Å². The number of nitrogens with one attached hydrogen (secondary N) is 1. The molecule has 2 aromatic rings. The third-order valence-corrected chi connectivity index (χ3v) is 7.06. The number of primary sulfonamides is 1. The van der Waals surface area contributed by atoms with Crippen LogP contribution in [-0.2, 0) is 14.8 Å². The third-order valence-electron chi connectivity index (χ3n) is 5.07. The smallest absolute Gasteiger partial charge is 0.263 e. The second kappa shape index (κ2) is 7.33. The van der Waals surface area contributed by atoms with Crippen LogP contribution in [0, 0.1) is 0 Å². The summed E-state index contributed by atoms with van der Waals surface area (Å²) < 4.78 is 29.2. The molecule has 2 saturated heterocycles. The molecule has 144 valence electrons. The summed E-state index contributed by atoms with van der Waals surface area (Å²) in [6, 6.07) is 11.7. The first-order chi connectivity index (χ1) is 12.9. The molecule has 0 spiro atoms. The molecule has 2 aliphatic rings. The molecule has 9 heteroatoms. The molecule has 0 radical (unpaired) electrons. The maximum Gasteiger partial charge on any atom is 0.263 e. The summed E-state index contributed by atoms with van der Waals surface area (Å²) in [5.41, 5.74) is 1.15. The Kier molecular flexibility index (Phi) is 5.04. The van der Waals surface area contributed by atoms with E-state index >= 15 is 0 Å². The minimum Gasteiger partial charge on any atom is -0.371 e. The standard InChI is InChI=1S/C18H21N3O4S2/c19-27(23,24)16-6-7-26-17(16)18(22)20-13-8-14-11-25-15(10-21(14)9-13)12-4-2-1-3-5-12/h1-7,13-15H,8-11H2,(H,20,22)(H2,19,23,24)/t13-,14-,15+/m0/s1. The van der Waals surface area contributed by atoms with Crippen LogP contribution in [0.3, 0.4) is 0 Å². The fraction of sp³-hybridized carbons (Fsp3) is 0.389. The molecule has 0 saturated carbocycles. The molecule has 3 heterocycles. The highest BCUT2D eigenvalue weighted by atomic mass is 32.2. The molecule has 2 fully saturated rings. The predicted molar refractivity (Wildman–Crippen MR) is 102 cm³/mol. The Balaban J connectivity index is 1.40. The van der Waals surface area contributed by atoms with E-state index in [1.54, 1.807) is 5.38 Å². The molecule has 3 atom stereocenters. The number of carbonyl (C=O) groups excluding carboxylic acids is 1. The summed E-state index contributed by atoms with van der Waals surface area (Å²) in [6.07, 6.45) is 0.812. The number of morpholine rings is 1. The topological polar surface area (TPSA) is 102 Å². The number of amides is 1. The number of sulfonamides is 1. The van der Waals surface area contributed by atoms with Crippen molar-refractivity contribution in [2.45, 2.75) is 29.5 Å². The van der Waals surface area contributed by atoms with Gasteiger partial charge in [-0.25, -0.2) is 13.6 Å². The van der Waals surface area contributed by atoms with Crippen LogP contribution in [0.4, 0.5) is 0 Å². The van der Waals surface area contributed by atoms with Crippen LogP contribution in [0.5, 0.6) is 0 Å². The van der Waals surface area contributed by atoms with Crippen molar-refractivity contribution >= 4 is 27.3 Å². The zero-order chi connectivity index (χ0) is 19.0. The fourth-order valence-electron chi connectivity index (χ4n) is 3.79. The van der Waals surface area contributed by atoms with Gasteiger partial charge in [0.05, 0.1) is 12.7 Å². The first-order valence-corrected chi connectivity index (χ1v) is 11.2. The number of thiophene rings is 1. The van der Waals surface area contributed by atoms with E-state index < -0.39 is 10.0 Å². The molecule has 1 aromatic carbocycles. The number of rotatable bonds is 4. The summed E-state index contributed by atoms with van der Waals surface area (Å²) >= 11 is 1.08. The van der Waals surface area contributed by atoms with Gasteiger partial charge in [-0.3, -0.25) is 9.69 Å². The zero-order valence-electron chi connectivity index (χ0n) is 14.6. The van der Waals surface area contributed by atoms with Gasteiger partial charge in [-0.15, -0.1) is 11.3 Å². The Labute approximate surface area is 162 Å². The molecule has 2 aliphatic heterocycles. The average molecular weight is 408 g/mol. The molecule has 0 bridgehead atoms. The second-order valence-electron chi connectivity index (χ2n) is 6.91. The van der Waals surface area contributed by atoms with E-state index in [2.05, 4.69) is 22.3 Å². The van der Waals surface area contributed by atoms with Crippen LogP contribution in [0.2, 0.25) is 0 Å². The Hall–Kier alpha value is -1.78. The van der Waals surface area contributed by atoms with Crippen molar-refractivity contribution in [1.82, 2.24) is 10.2 Å². The first kappa shape index (κ1) is 18.6. The Bertz CT molecular complexity index is 929. The summed E-state index contributed by atoms with van der Waals surface area (Å²) in [5.74, 6) is -0.389. The Morgan fingerprint density at radius 1 is 1.22 bits per heavy atom. The van der Waals surface area contributed by atoms with Gasteiger partial charge in [0.1, 0.15) is 9.77 Å². The van der Waals surface area contributed by atoms with Crippen LogP contribution >= 0.6 is 11.3 Å². The number of fused-ring (bicyclic) bond motifs is 1. The molecule has 1 amide bonds. The van der Waals surface area contributed by atoms with Crippen molar-refractivity contribution in [2.24, 2.45) is 5.14 Å². The maximum absolute atomic E-state index is 12.6. The van der Waals surface area contributed by atoms with E-state index in [1.807, 2.05) is 18.2 Å². The lowest BCUT2D eigenvalue weighted by Crippen LogP contribution is -2.43. The molecule has 7 nitrogen and oxygen atoms in total. The molecular formula is C18H21N3O4S2. The summed E-state index contributed by atoms with van der Waals surface area (Å²) in [5, 5.41) is 9.71. The van der Waals surface area contributed by atoms with Crippen LogP contribution in [0.1, 0.15) is 27.8 Å². The molecule has 1 aromatic heterocycles. The van der Waals surface area contributed by atoms with Gasteiger partial charge < -0.3 is 10.1 Å². The number of benzene rings is 1. The van der Waals surface area contributed by atoms with Gasteiger partial charge in [-0.2, -0.15) is 0 Å². The van der Waals surface area contributed by atoms with Crippen LogP contribution < -0.4 is 10.5 Å². The number of hydrogen-bond acceptors (Lipinski definition) is 6. The number of hydrogen-bond donors (Lipinski definition) is 2. The quantitative estimate of drug-likeness (QED) is 0.796. The highest BCUT2D eigenvalue weighted by Crippen LogP contribution is 2.30. The van der Waals surface area contributed by atoms with E-state index in [0.29, 0.717) is 6.61 Å². The minimum atomic E-state index is -3.91. The molecule has 0 aliphatic carbocycles. The highest BCUT2D eigenvalue weighted by molar-refractivity contribution is 7.89. The van der Waals surface area contributed by atoms with Crippen molar-refractivity contribution in [3.8, 4) is 0 Å². The normalized spacial score (nSPS) is 25.9. The summed E-state index contributed by atoms with van der Waals surface area (Å²) in [7, 11) is -3.91. The van der Waals surface area contributed by atoms with Crippen molar-refractivity contribution in [3.05, 3.63) is 52.2 Å². The van der Waals surface area contributed by atoms with Gasteiger partial charge in [0.2, 0.25) is 10.0 Å². The van der Waals surface area contributed by atoms with Crippen LogP contribution in [-0.4, -0.2) is 51.0 Å². The van der Waals surface area contributed by atoms with Gasteiger partial charge in [0.15, 0.2) is 0 Å². The van der Waals surface area contributed by atoms with Gasteiger partial charge in [-0.1, -0.05) is 30.3 Å². The number of carbonyl (C=O) groups is 1. The van der Waals surface area contributed by atoms with E-state index in [4.69, 9.17) is 9.88 Å². The maximum atomic E-state index is 12.6. The number of nitrogens with two attached hydrogens (primary N) is 1. The van der Waals surface area contributed by atoms with E-state index in [0.717, 1.165) is 36.4 Å². The monoisotopic (exact) mass is 407 g/mol. The van der Waals surface area contributed by atoms with Crippen molar-refractivity contribution in [3.63, 3.8) is 0 Å². The zero-order valence-corrected chi connectivity index (χ0v) is 16.2. The van der Waals surface area contributed by atoms with E-state index in [1.165, 1.54) is 6.07 Å². The fourth-order valence-corrected chi connectivity index (χ4v) is 5.66. The van der Waals surface area contributed by atoms with Crippen molar-refractivity contribution in [1.29, 1.82) is 0 Å². The van der Waals surface area contributed by atoms with Gasteiger partial charge in [0.25, 0.3) is 5.91 Å². The van der Waals surface area contributed by atoms with Gasteiger partial charge >= 0.3 is 0 Å². The van der Waals surface area contributed by atoms with E-state index in [-0.39, 0.29) is 33.9 Å². The predicted octanol–water partition coefficient (Wildman–Crippen LogP) is 1.34. The SMILES string of the molecule is NS(=O)(=O)c1ccsc1C(=O)N[C@H]1C[C@H]2CO[C@@H](c3ccccc3)CN2C1. The van der Waals surface area contributed by atoms with Crippen LogP contribution in [0.25, 0.3) is 0 Å². The van der Waals surface area contributed by atoms with Gasteiger partial charge in [-0.05, 0) is 23.4 Å². The Morgan fingerprint density at radius 2 is 2.00 bits per heavy atom. The molecule has 4 rings (SSSR count). The largest absolute Gasteiger partial charge is 0.371 e. The minimum absolute atomic E-state index is 0.0307. The third kappa shape index (κ3) is 3.92. The lowest BCUT2D eigenvalue weighted by molar-refractivity contribution is -0.0502. The molecule has 27 heavy (non-hydrogen) atoms. The number of ether oxygens (including phenoxy) is 1. The first-order valence-electron chi connectivity index (χ1n) is 8.73. The lowest BCUT2D eigenvalue weighted by atomic mass is 10.1.